The molecule has 0 saturated carbocycles. The van der Waals surface area contributed by atoms with Crippen molar-refractivity contribution in [3.05, 3.63) is 83.7 Å². The molecule has 1 saturated heterocycles. The Hall–Kier alpha value is -3.34. The summed E-state index contributed by atoms with van der Waals surface area (Å²) in [6.07, 6.45) is 1.61. The molecular formula is C23H21N3O5S2. The van der Waals surface area contributed by atoms with Crippen LogP contribution in [-0.2, 0) is 26.2 Å². The van der Waals surface area contributed by atoms with Crippen molar-refractivity contribution in [2.75, 3.05) is 14.2 Å². The van der Waals surface area contributed by atoms with Crippen molar-refractivity contribution in [3.63, 3.8) is 0 Å². The number of nitrogens with zero attached hydrogens (tertiary/aromatic N) is 2. The number of thiocarbonyl (C=S) groups is 1. The molecule has 1 aromatic heterocycles. The molecular weight excluding hydrogens is 462 g/mol. The fourth-order valence-corrected chi connectivity index (χ4v) is 4.74. The van der Waals surface area contributed by atoms with Gasteiger partial charge in [0.2, 0.25) is 0 Å². The Bertz CT molecular complexity index is 1350. The second-order valence-electron chi connectivity index (χ2n) is 7.64. The van der Waals surface area contributed by atoms with Crippen molar-refractivity contribution in [3.8, 4) is 16.9 Å². The van der Waals surface area contributed by atoms with Crippen molar-refractivity contribution >= 4 is 33.4 Å². The van der Waals surface area contributed by atoms with Gasteiger partial charge in [-0.2, -0.15) is 8.42 Å². The van der Waals surface area contributed by atoms with E-state index in [0.29, 0.717) is 33.7 Å². The molecule has 0 radical (unpaired) electrons. The lowest BCUT2D eigenvalue weighted by atomic mass is 9.84. The number of likely N-dealkylation sites (N-methyl/N-ethyl adjacent to an activating group) is 1. The van der Waals surface area contributed by atoms with Gasteiger partial charge in [-0.1, -0.05) is 24.3 Å². The molecule has 0 aliphatic carbocycles. The highest BCUT2D eigenvalue weighted by Gasteiger charge is 2.52. The summed E-state index contributed by atoms with van der Waals surface area (Å²) in [6.45, 7) is 0. The highest BCUT2D eigenvalue weighted by atomic mass is 32.2. The summed E-state index contributed by atoms with van der Waals surface area (Å²) < 4.78 is 37.4. The molecule has 1 aliphatic heterocycles. The summed E-state index contributed by atoms with van der Waals surface area (Å²) in [7, 11) is -1.15. The first-order valence-corrected chi connectivity index (χ1v) is 11.9. The first kappa shape index (κ1) is 22.8. The van der Waals surface area contributed by atoms with Crippen LogP contribution in [-0.4, -0.2) is 48.0 Å². The molecule has 1 aliphatic rings. The van der Waals surface area contributed by atoms with Crippen LogP contribution in [0.15, 0.2) is 66.9 Å². The normalized spacial score (nSPS) is 18.3. The SMILES string of the molecule is COc1cc(CS(=O)(=O)O)cc(-c2cccc(C3(c4ccccn4)NC(=S)N(C)C3=O)c2)c1. The topological polar surface area (TPSA) is 109 Å². The third-order valence-corrected chi connectivity index (χ3v) is 6.53. The van der Waals surface area contributed by atoms with Crippen LogP contribution < -0.4 is 10.1 Å². The van der Waals surface area contributed by atoms with Crippen LogP contribution in [0.3, 0.4) is 0 Å². The van der Waals surface area contributed by atoms with Crippen LogP contribution in [0.2, 0.25) is 0 Å². The summed E-state index contributed by atoms with van der Waals surface area (Å²) in [5.74, 6) is -0.374. The number of hydrogen-bond donors (Lipinski definition) is 2. The summed E-state index contributed by atoms with van der Waals surface area (Å²) in [5.41, 5.74) is 1.55. The van der Waals surface area contributed by atoms with E-state index >= 15 is 0 Å². The number of carbonyl (C=O) groups excluding carboxylic acids is 1. The Morgan fingerprint density at radius 1 is 1.12 bits per heavy atom. The van der Waals surface area contributed by atoms with Crippen LogP contribution in [0.4, 0.5) is 0 Å². The minimum atomic E-state index is -4.23. The van der Waals surface area contributed by atoms with Crippen molar-refractivity contribution < 1.29 is 22.5 Å². The highest BCUT2D eigenvalue weighted by molar-refractivity contribution is 7.85. The lowest BCUT2D eigenvalue weighted by Gasteiger charge is -2.27. The quantitative estimate of drug-likeness (QED) is 0.407. The van der Waals surface area contributed by atoms with Gasteiger partial charge in [0.25, 0.3) is 16.0 Å². The van der Waals surface area contributed by atoms with Gasteiger partial charge in [0, 0.05) is 13.2 Å². The van der Waals surface area contributed by atoms with E-state index in [1.165, 1.54) is 12.0 Å². The third-order valence-electron chi connectivity index (χ3n) is 5.45. The lowest BCUT2D eigenvalue weighted by Crippen LogP contribution is -2.45. The highest BCUT2D eigenvalue weighted by Crippen LogP contribution is 2.37. The molecule has 0 bridgehead atoms. The van der Waals surface area contributed by atoms with E-state index in [0.717, 1.165) is 0 Å². The van der Waals surface area contributed by atoms with Crippen LogP contribution >= 0.6 is 12.2 Å². The number of benzene rings is 2. The number of pyridine rings is 1. The van der Waals surface area contributed by atoms with Crippen LogP contribution in [0, 0.1) is 0 Å². The molecule has 3 aromatic rings. The number of hydrogen-bond acceptors (Lipinski definition) is 6. The van der Waals surface area contributed by atoms with E-state index in [1.54, 1.807) is 55.7 Å². The Morgan fingerprint density at radius 2 is 1.91 bits per heavy atom. The number of aromatic nitrogens is 1. The van der Waals surface area contributed by atoms with Gasteiger partial charge in [0.05, 0.1) is 12.8 Å². The molecule has 4 rings (SSSR count). The second-order valence-corrected chi connectivity index (χ2v) is 9.48. The van der Waals surface area contributed by atoms with Gasteiger partial charge in [0.1, 0.15) is 11.5 Å². The zero-order valence-electron chi connectivity index (χ0n) is 17.8. The molecule has 1 amide bonds. The molecule has 33 heavy (non-hydrogen) atoms. The van der Waals surface area contributed by atoms with Gasteiger partial charge in [-0.05, 0) is 70.9 Å². The average molecular weight is 484 g/mol. The second kappa shape index (κ2) is 8.54. The lowest BCUT2D eigenvalue weighted by molar-refractivity contribution is -0.129. The first-order chi connectivity index (χ1) is 15.6. The molecule has 2 N–H and O–H groups in total. The number of nitrogens with one attached hydrogen (secondary N) is 1. The largest absolute Gasteiger partial charge is 0.497 e. The van der Waals surface area contributed by atoms with Crippen LogP contribution in [0.25, 0.3) is 11.1 Å². The fourth-order valence-electron chi connectivity index (χ4n) is 3.91. The first-order valence-electron chi connectivity index (χ1n) is 9.90. The average Bonchev–Trinajstić information content (AvgIpc) is 3.03. The van der Waals surface area contributed by atoms with Crippen LogP contribution in [0.1, 0.15) is 16.8 Å². The maximum atomic E-state index is 13.4. The molecule has 170 valence electrons. The number of carbonyl (C=O) groups is 1. The molecule has 1 atom stereocenters. The Morgan fingerprint density at radius 3 is 2.52 bits per heavy atom. The predicted octanol–water partition coefficient (Wildman–Crippen LogP) is 2.74. The minimum Gasteiger partial charge on any atom is -0.497 e. The summed E-state index contributed by atoms with van der Waals surface area (Å²) >= 11 is 5.36. The fraction of sp³-hybridized carbons (Fsp3) is 0.174. The van der Waals surface area contributed by atoms with Crippen molar-refractivity contribution in [2.45, 2.75) is 11.3 Å². The zero-order valence-corrected chi connectivity index (χ0v) is 19.5. The maximum absolute atomic E-state index is 13.4. The molecule has 0 spiro atoms. The van der Waals surface area contributed by atoms with Gasteiger partial charge in [-0.3, -0.25) is 19.2 Å². The van der Waals surface area contributed by atoms with Crippen molar-refractivity contribution in [1.82, 2.24) is 15.2 Å². The Balaban J connectivity index is 1.88. The number of methoxy groups -OCH3 is 1. The summed E-state index contributed by atoms with van der Waals surface area (Å²) in [4.78, 5) is 19.2. The van der Waals surface area contributed by atoms with Gasteiger partial charge in [-0.15, -0.1) is 0 Å². The molecule has 2 aromatic carbocycles. The van der Waals surface area contributed by atoms with E-state index in [9.17, 15) is 17.8 Å². The number of ether oxygens (including phenoxy) is 1. The zero-order chi connectivity index (χ0) is 23.8. The minimum absolute atomic E-state index is 0.263. The standard InChI is InChI=1S/C23H21N3O5S2/c1-26-21(27)23(25-22(26)32,20-8-3-4-9-24-20)18-7-5-6-16(12-18)17-10-15(14-33(28,29)30)11-19(13-17)31-2/h3-13H,14H2,1-2H3,(H,25,32)(H,28,29,30). The van der Waals surface area contributed by atoms with E-state index in [2.05, 4.69) is 10.3 Å². The summed E-state index contributed by atoms with van der Waals surface area (Å²) in [6, 6.07) is 17.6. The van der Waals surface area contributed by atoms with E-state index in [-0.39, 0.29) is 11.0 Å². The number of rotatable bonds is 6. The van der Waals surface area contributed by atoms with Gasteiger partial charge >= 0.3 is 0 Å². The monoisotopic (exact) mass is 483 g/mol. The maximum Gasteiger partial charge on any atom is 0.269 e. The van der Waals surface area contributed by atoms with E-state index in [4.69, 9.17) is 17.0 Å². The molecule has 10 heteroatoms. The van der Waals surface area contributed by atoms with Crippen molar-refractivity contribution in [1.29, 1.82) is 0 Å². The smallest absolute Gasteiger partial charge is 0.269 e. The van der Waals surface area contributed by atoms with Gasteiger partial charge < -0.3 is 10.1 Å². The van der Waals surface area contributed by atoms with Crippen LogP contribution in [0.5, 0.6) is 5.75 Å². The molecule has 8 nitrogen and oxygen atoms in total. The van der Waals surface area contributed by atoms with E-state index < -0.39 is 21.4 Å². The molecule has 1 fully saturated rings. The van der Waals surface area contributed by atoms with Gasteiger partial charge in [-0.25, -0.2) is 0 Å². The van der Waals surface area contributed by atoms with E-state index in [1.807, 2.05) is 18.2 Å². The van der Waals surface area contributed by atoms with Crippen molar-refractivity contribution in [2.24, 2.45) is 0 Å². The Kier molecular flexibility index (Phi) is 5.91. The third kappa shape index (κ3) is 4.32. The summed E-state index contributed by atoms with van der Waals surface area (Å²) in [5, 5.41) is 3.44. The Labute approximate surface area is 197 Å². The molecule has 1 unspecified atom stereocenters. The predicted molar refractivity (Wildman–Crippen MR) is 127 cm³/mol. The number of amides is 1. The molecule has 2 heterocycles. The van der Waals surface area contributed by atoms with Gasteiger partial charge in [0.15, 0.2) is 10.7 Å².